The molecule has 1 saturated heterocycles. The predicted octanol–water partition coefficient (Wildman–Crippen LogP) is 4.32. The van der Waals surface area contributed by atoms with Crippen molar-refractivity contribution in [3.8, 4) is 11.4 Å². The quantitative estimate of drug-likeness (QED) is 0.521. The molecular weight excluding hydrogens is 374 g/mol. The number of carbonyl (C=O) groups excluding carboxylic acids is 1. The molecular formula is C20H19N5O4. The molecule has 2 aromatic carbocycles. The lowest BCUT2D eigenvalue weighted by atomic mass is 10.1. The summed E-state index contributed by atoms with van der Waals surface area (Å²) in [6.07, 6.45) is 1.55. The summed E-state index contributed by atoms with van der Waals surface area (Å²) in [6.45, 7) is 2.57. The average molecular weight is 393 g/mol. The van der Waals surface area contributed by atoms with Gasteiger partial charge in [0.2, 0.25) is 11.7 Å². The summed E-state index contributed by atoms with van der Waals surface area (Å²) in [4.78, 5) is 29.1. The molecule has 1 aliphatic heterocycles. The number of nitro benzene ring substituents is 1. The van der Waals surface area contributed by atoms with E-state index in [1.807, 2.05) is 31.2 Å². The van der Waals surface area contributed by atoms with Gasteiger partial charge < -0.3 is 14.7 Å². The number of urea groups is 1. The van der Waals surface area contributed by atoms with Crippen LogP contribution in [0, 0.1) is 17.0 Å². The lowest BCUT2D eigenvalue weighted by Crippen LogP contribution is -2.34. The Morgan fingerprint density at radius 3 is 2.62 bits per heavy atom. The van der Waals surface area contributed by atoms with Crippen LogP contribution in [0.3, 0.4) is 0 Å². The van der Waals surface area contributed by atoms with Crippen molar-refractivity contribution < 1.29 is 14.2 Å². The first kappa shape index (κ1) is 18.6. The smallest absolute Gasteiger partial charge is 0.322 e. The summed E-state index contributed by atoms with van der Waals surface area (Å²) < 4.78 is 5.45. The van der Waals surface area contributed by atoms with Gasteiger partial charge in [0.05, 0.1) is 4.92 Å². The molecule has 9 heteroatoms. The molecule has 29 heavy (non-hydrogen) atoms. The first-order valence-corrected chi connectivity index (χ1v) is 9.24. The number of nitrogens with zero attached hydrogens (tertiary/aromatic N) is 4. The highest BCUT2D eigenvalue weighted by atomic mass is 16.6. The SMILES string of the molecule is Cc1ccc(-c2noc([C@@H]3CCCN3C(=O)Nc3ccc([N+](=O)[O-])cc3)n2)cc1. The summed E-state index contributed by atoms with van der Waals surface area (Å²) in [5.41, 5.74) is 2.45. The number of benzene rings is 2. The zero-order valence-corrected chi connectivity index (χ0v) is 15.7. The summed E-state index contributed by atoms with van der Waals surface area (Å²) in [7, 11) is 0. The first-order chi connectivity index (χ1) is 14.0. The molecule has 0 saturated carbocycles. The topological polar surface area (TPSA) is 114 Å². The second-order valence-electron chi connectivity index (χ2n) is 6.91. The zero-order chi connectivity index (χ0) is 20.4. The van der Waals surface area contributed by atoms with Gasteiger partial charge in [-0.05, 0) is 31.9 Å². The van der Waals surface area contributed by atoms with Crippen molar-refractivity contribution in [1.82, 2.24) is 15.0 Å². The van der Waals surface area contributed by atoms with E-state index in [2.05, 4.69) is 15.5 Å². The number of non-ortho nitro benzene ring substituents is 1. The number of likely N-dealkylation sites (tertiary alicyclic amines) is 1. The van der Waals surface area contributed by atoms with E-state index in [1.165, 1.54) is 24.3 Å². The molecule has 2 amide bonds. The summed E-state index contributed by atoms with van der Waals surface area (Å²) >= 11 is 0. The van der Waals surface area contributed by atoms with E-state index in [-0.39, 0.29) is 17.8 Å². The molecule has 0 radical (unpaired) electrons. The van der Waals surface area contributed by atoms with Crippen molar-refractivity contribution >= 4 is 17.4 Å². The third-order valence-corrected chi connectivity index (χ3v) is 4.88. The van der Waals surface area contributed by atoms with E-state index in [0.717, 1.165) is 24.0 Å². The Labute approximate surface area is 166 Å². The third kappa shape index (κ3) is 3.93. The van der Waals surface area contributed by atoms with Crippen LogP contribution in [0.25, 0.3) is 11.4 Å². The fourth-order valence-electron chi connectivity index (χ4n) is 3.32. The van der Waals surface area contributed by atoms with Crippen LogP contribution in [0.1, 0.15) is 30.3 Å². The van der Waals surface area contributed by atoms with Gasteiger partial charge in [0.25, 0.3) is 5.69 Å². The van der Waals surface area contributed by atoms with Crippen molar-refractivity contribution in [3.05, 3.63) is 70.1 Å². The second kappa shape index (κ2) is 7.70. The third-order valence-electron chi connectivity index (χ3n) is 4.88. The molecule has 3 aromatic rings. The predicted molar refractivity (Wildman–Crippen MR) is 105 cm³/mol. The van der Waals surface area contributed by atoms with Gasteiger partial charge >= 0.3 is 6.03 Å². The number of aromatic nitrogens is 2. The van der Waals surface area contributed by atoms with Crippen molar-refractivity contribution in [3.63, 3.8) is 0 Å². The second-order valence-corrected chi connectivity index (χ2v) is 6.91. The van der Waals surface area contributed by atoms with Gasteiger partial charge in [-0.3, -0.25) is 10.1 Å². The summed E-state index contributed by atoms with van der Waals surface area (Å²) in [6, 6.07) is 12.9. The van der Waals surface area contributed by atoms with Crippen LogP contribution < -0.4 is 5.32 Å². The maximum Gasteiger partial charge on any atom is 0.322 e. The Hall–Kier alpha value is -3.75. The minimum absolute atomic E-state index is 0.0310. The zero-order valence-electron chi connectivity index (χ0n) is 15.7. The fourth-order valence-corrected chi connectivity index (χ4v) is 3.32. The van der Waals surface area contributed by atoms with E-state index in [9.17, 15) is 14.9 Å². The molecule has 9 nitrogen and oxygen atoms in total. The minimum atomic E-state index is -0.483. The standard InChI is InChI=1S/C20H19N5O4/c1-13-4-6-14(7-5-13)18-22-19(29-23-18)17-3-2-12-24(17)20(26)21-15-8-10-16(11-9-15)25(27)28/h4-11,17H,2-3,12H2,1H3,(H,21,26)/t17-/m0/s1. The number of nitrogens with one attached hydrogen (secondary N) is 1. The molecule has 1 N–H and O–H groups in total. The van der Waals surface area contributed by atoms with Gasteiger partial charge in [-0.2, -0.15) is 4.98 Å². The van der Waals surface area contributed by atoms with Gasteiger partial charge in [-0.1, -0.05) is 35.0 Å². The van der Waals surface area contributed by atoms with Crippen LogP contribution >= 0.6 is 0 Å². The Morgan fingerprint density at radius 2 is 1.93 bits per heavy atom. The van der Waals surface area contributed by atoms with Crippen molar-refractivity contribution in [2.45, 2.75) is 25.8 Å². The number of aryl methyl sites for hydroxylation is 1. The minimum Gasteiger partial charge on any atom is -0.337 e. The lowest BCUT2D eigenvalue weighted by molar-refractivity contribution is -0.384. The Morgan fingerprint density at radius 1 is 1.21 bits per heavy atom. The highest BCUT2D eigenvalue weighted by Crippen LogP contribution is 2.32. The molecule has 1 atom stereocenters. The summed E-state index contributed by atoms with van der Waals surface area (Å²) in [5.74, 6) is 0.888. The molecule has 0 aliphatic carbocycles. The Bertz CT molecular complexity index is 1030. The van der Waals surface area contributed by atoms with E-state index in [4.69, 9.17) is 4.52 Å². The number of anilines is 1. The molecule has 4 rings (SSSR count). The molecule has 0 bridgehead atoms. The lowest BCUT2D eigenvalue weighted by Gasteiger charge is -2.22. The molecule has 1 aromatic heterocycles. The maximum absolute atomic E-state index is 12.7. The van der Waals surface area contributed by atoms with Crippen LogP contribution in [0.2, 0.25) is 0 Å². The van der Waals surface area contributed by atoms with Gasteiger partial charge in [0, 0.05) is 29.9 Å². The van der Waals surface area contributed by atoms with Gasteiger partial charge in [-0.25, -0.2) is 4.79 Å². The number of nitro groups is 1. The van der Waals surface area contributed by atoms with Crippen LogP contribution in [-0.4, -0.2) is 32.5 Å². The van der Waals surface area contributed by atoms with E-state index in [0.29, 0.717) is 23.9 Å². The van der Waals surface area contributed by atoms with Crippen molar-refractivity contribution in [2.24, 2.45) is 0 Å². The first-order valence-electron chi connectivity index (χ1n) is 9.24. The van der Waals surface area contributed by atoms with Crippen LogP contribution in [0.15, 0.2) is 53.1 Å². The van der Waals surface area contributed by atoms with Gasteiger partial charge in [0.1, 0.15) is 6.04 Å². The Kier molecular flexibility index (Phi) is 4.94. The summed E-state index contributed by atoms with van der Waals surface area (Å²) in [5, 5.41) is 17.6. The number of hydrogen-bond donors (Lipinski definition) is 1. The maximum atomic E-state index is 12.7. The van der Waals surface area contributed by atoms with Crippen LogP contribution in [-0.2, 0) is 0 Å². The van der Waals surface area contributed by atoms with Crippen molar-refractivity contribution in [1.29, 1.82) is 0 Å². The fraction of sp³-hybridized carbons (Fsp3) is 0.250. The largest absolute Gasteiger partial charge is 0.337 e. The highest BCUT2D eigenvalue weighted by Gasteiger charge is 2.34. The number of hydrogen-bond acceptors (Lipinski definition) is 6. The van der Waals surface area contributed by atoms with E-state index in [1.54, 1.807) is 4.90 Å². The number of carbonyl (C=O) groups is 1. The molecule has 1 fully saturated rings. The van der Waals surface area contributed by atoms with E-state index >= 15 is 0 Å². The average Bonchev–Trinajstić information content (AvgIpc) is 3.38. The molecule has 0 spiro atoms. The monoisotopic (exact) mass is 393 g/mol. The normalized spacial score (nSPS) is 16.0. The van der Waals surface area contributed by atoms with Crippen LogP contribution in [0.5, 0.6) is 0 Å². The number of rotatable bonds is 4. The van der Waals surface area contributed by atoms with Gasteiger partial charge in [0.15, 0.2) is 0 Å². The Balaban J connectivity index is 1.48. The van der Waals surface area contributed by atoms with Gasteiger partial charge in [-0.15, -0.1) is 0 Å². The molecule has 1 aliphatic rings. The van der Waals surface area contributed by atoms with E-state index < -0.39 is 4.92 Å². The molecule has 148 valence electrons. The molecule has 0 unspecified atom stereocenters. The van der Waals surface area contributed by atoms with Crippen LogP contribution in [0.4, 0.5) is 16.2 Å². The number of amides is 2. The molecule has 2 heterocycles. The highest BCUT2D eigenvalue weighted by molar-refractivity contribution is 5.89. The van der Waals surface area contributed by atoms with Crippen molar-refractivity contribution in [2.75, 3.05) is 11.9 Å².